The van der Waals surface area contributed by atoms with Gasteiger partial charge in [-0.15, -0.1) is 0 Å². The molecule has 0 unspecified atom stereocenters. The first kappa shape index (κ1) is 47.9. The van der Waals surface area contributed by atoms with Crippen LogP contribution in [0.15, 0.2) is 97.1 Å². The molecule has 0 saturated carbocycles. The van der Waals surface area contributed by atoms with E-state index in [0.717, 1.165) is 32.1 Å². The minimum Gasteiger partial charge on any atom is -0.390 e. The molecule has 0 radical (unpaired) electrons. The van der Waals surface area contributed by atoms with E-state index in [-0.39, 0.29) is 35.3 Å². The number of piperazine rings is 1. The van der Waals surface area contributed by atoms with E-state index >= 15 is 0 Å². The molecule has 1 saturated heterocycles. The normalized spacial score (nSPS) is 18.3. The lowest BCUT2D eigenvalue weighted by atomic mass is 9.97. The summed E-state index contributed by atoms with van der Waals surface area (Å²) in [5.41, 5.74) is 4.53. The number of β-amino-alcohol motifs (C(OH)–C–C–N with tert-alkyl or cyclic N) is 2. The van der Waals surface area contributed by atoms with E-state index in [9.17, 15) is 39.0 Å². The molecule has 6 amide bonds. The fraction of sp³-hybridized carbons (Fsp3) is 0.423. The Bertz CT molecular complexity index is 2270. The summed E-state index contributed by atoms with van der Waals surface area (Å²) in [5, 5.41) is 29.8. The summed E-state index contributed by atoms with van der Waals surface area (Å²) < 4.78 is 0. The van der Waals surface area contributed by atoms with Gasteiger partial charge in [0, 0.05) is 39.3 Å². The molecule has 0 spiro atoms. The van der Waals surface area contributed by atoms with Crippen molar-refractivity contribution in [3.8, 4) is 0 Å². The lowest BCUT2D eigenvalue weighted by Gasteiger charge is -2.39. The predicted octanol–water partition coefficient (Wildman–Crippen LogP) is 4.04. The number of rotatable bonds is 18. The molecule has 0 bridgehead atoms. The zero-order valence-electron chi connectivity index (χ0n) is 38.6. The summed E-state index contributed by atoms with van der Waals surface area (Å²) in [6.07, 6.45) is -1.42. The van der Waals surface area contributed by atoms with Crippen LogP contribution in [0.4, 0.5) is 0 Å². The molecule has 6 atom stereocenters. The van der Waals surface area contributed by atoms with Gasteiger partial charge in [0.25, 0.3) is 23.6 Å². The average Bonchev–Trinajstić information content (AvgIpc) is 3.66. The SMILES string of the molecule is Cc1ccc2c(c1)C(=O)N([C@H](C(=O)N[C@@H](Cc1ccccc1)[C@H](O)CN1CCN(C[C@H](O)[C@@H](Cc3ccccc3)NC(=O)[C@H](C(C)C)N3C(=O)c4ccc(C)cc4C3=O)CC1)C(C)C)C2=O. The minimum absolute atomic E-state index is 0.230. The molecule has 1 fully saturated rings. The number of hydrogen-bond donors (Lipinski definition) is 4. The largest absolute Gasteiger partial charge is 0.390 e. The molecule has 0 aromatic heterocycles. The molecule has 14 heteroatoms. The number of carbonyl (C=O) groups is 6. The third kappa shape index (κ3) is 10.5. The number of amides is 6. The monoisotopic (exact) mass is 898 g/mol. The Morgan fingerprint density at radius 3 is 1.18 bits per heavy atom. The van der Waals surface area contributed by atoms with Gasteiger partial charge in [-0.3, -0.25) is 48.4 Å². The maximum absolute atomic E-state index is 14.2. The van der Waals surface area contributed by atoms with Crippen LogP contribution >= 0.6 is 0 Å². The van der Waals surface area contributed by atoms with Crippen LogP contribution in [0.2, 0.25) is 0 Å². The van der Waals surface area contributed by atoms with Crippen molar-refractivity contribution in [1.82, 2.24) is 30.2 Å². The standard InChI is InChI=1S/C52H62N6O8/c1-31(2)45(57-49(63)37-19-17-33(5)25-39(37)51(57)65)47(61)53-41(27-35-13-9-7-10-14-35)43(59)29-55-21-23-56(24-22-55)30-44(60)42(28-36-15-11-8-12-16-36)54-48(62)46(32(3)4)58-50(64)38-20-18-34(6)26-40(38)52(58)66/h7-20,25-26,31-32,41-46,59-60H,21-24,27-30H2,1-6H3,(H,53,61)(H,54,62)/t41-,42+,43+,44-,45-,46-/m0/s1. The zero-order valence-corrected chi connectivity index (χ0v) is 38.6. The van der Waals surface area contributed by atoms with Gasteiger partial charge >= 0.3 is 0 Å². The van der Waals surface area contributed by atoms with E-state index in [4.69, 9.17) is 0 Å². The third-order valence-corrected chi connectivity index (χ3v) is 13.0. The van der Waals surface area contributed by atoms with Gasteiger partial charge in [0.05, 0.1) is 46.5 Å². The van der Waals surface area contributed by atoms with Crippen molar-refractivity contribution in [2.75, 3.05) is 39.3 Å². The first-order valence-electron chi connectivity index (χ1n) is 23.0. The van der Waals surface area contributed by atoms with E-state index < -0.39 is 83.7 Å². The van der Waals surface area contributed by atoms with Crippen molar-refractivity contribution in [1.29, 1.82) is 0 Å². The van der Waals surface area contributed by atoms with Crippen LogP contribution in [0, 0.1) is 25.7 Å². The number of aliphatic hydroxyl groups excluding tert-OH is 2. The van der Waals surface area contributed by atoms with E-state index in [0.29, 0.717) is 39.0 Å². The van der Waals surface area contributed by atoms with Gasteiger partial charge in [-0.05, 0) is 73.9 Å². The Labute approximate surface area is 387 Å². The molecular weight excluding hydrogens is 837 g/mol. The van der Waals surface area contributed by atoms with Crippen molar-refractivity contribution in [3.63, 3.8) is 0 Å². The molecule has 4 aromatic rings. The predicted molar refractivity (Wildman–Crippen MR) is 250 cm³/mol. The number of nitrogens with zero attached hydrogens (tertiary/aromatic N) is 4. The first-order valence-corrected chi connectivity index (χ1v) is 23.0. The second-order valence-electron chi connectivity index (χ2n) is 18.8. The molecule has 3 aliphatic rings. The molecule has 348 valence electrons. The van der Waals surface area contributed by atoms with Gasteiger partial charge in [-0.1, -0.05) is 112 Å². The Balaban J connectivity index is 1.00. The highest BCUT2D eigenvalue weighted by Crippen LogP contribution is 2.30. The van der Waals surface area contributed by atoms with Gasteiger partial charge in [0.15, 0.2) is 0 Å². The van der Waals surface area contributed by atoms with Crippen molar-refractivity contribution in [3.05, 3.63) is 142 Å². The minimum atomic E-state index is -1.10. The highest BCUT2D eigenvalue weighted by molar-refractivity contribution is 6.23. The molecule has 7 rings (SSSR count). The van der Waals surface area contributed by atoms with E-state index in [1.807, 2.05) is 74.5 Å². The lowest BCUT2D eigenvalue weighted by molar-refractivity contribution is -0.128. The number of carbonyl (C=O) groups excluding carboxylic acids is 6. The van der Waals surface area contributed by atoms with Gasteiger partial charge in [-0.25, -0.2) is 0 Å². The second kappa shape index (κ2) is 20.6. The number of nitrogens with one attached hydrogen (secondary N) is 2. The van der Waals surface area contributed by atoms with Crippen LogP contribution in [-0.2, 0) is 22.4 Å². The van der Waals surface area contributed by atoms with Gasteiger partial charge in [-0.2, -0.15) is 0 Å². The van der Waals surface area contributed by atoms with Crippen LogP contribution in [-0.4, -0.2) is 141 Å². The third-order valence-electron chi connectivity index (χ3n) is 13.0. The van der Waals surface area contributed by atoms with E-state index in [1.54, 1.807) is 64.1 Å². The molecule has 4 aromatic carbocycles. The fourth-order valence-corrected chi connectivity index (χ4v) is 9.46. The van der Waals surface area contributed by atoms with Crippen LogP contribution in [0.1, 0.15) is 91.4 Å². The smallest absolute Gasteiger partial charge is 0.262 e. The van der Waals surface area contributed by atoms with Gasteiger partial charge in [0.1, 0.15) is 12.1 Å². The van der Waals surface area contributed by atoms with Crippen molar-refractivity contribution < 1.29 is 39.0 Å². The summed E-state index contributed by atoms with van der Waals surface area (Å²) in [7, 11) is 0. The molecule has 66 heavy (non-hydrogen) atoms. The molecule has 3 heterocycles. The Kier molecular flexibility index (Phi) is 15.0. The topological polar surface area (TPSA) is 180 Å². The quantitative estimate of drug-likeness (QED) is 0.107. The van der Waals surface area contributed by atoms with E-state index in [2.05, 4.69) is 20.4 Å². The zero-order chi connectivity index (χ0) is 47.4. The van der Waals surface area contributed by atoms with Crippen molar-refractivity contribution in [2.45, 2.75) is 90.8 Å². The van der Waals surface area contributed by atoms with Crippen LogP contribution in [0.3, 0.4) is 0 Å². The summed E-state index contributed by atoms with van der Waals surface area (Å²) in [4.78, 5) is 89.1. The lowest BCUT2D eigenvalue weighted by Crippen LogP contribution is -2.59. The highest BCUT2D eigenvalue weighted by Gasteiger charge is 2.46. The van der Waals surface area contributed by atoms with Crippen LogP contribution in [0.25, 0.3) is 0 Å². The number of aliphatic hydroxyl groups is 2. The number of hydrogen-bond acceptors (Lipinski definition) is 10. The molecule has 4 N–H and O–H groups in total. The summed E-state index contributed by atoms with van der Waals surface area (Å²) in [5.74, 6) is -3.93. The van der Waals surface area contributed by atoms with Crippen LogP contribution in [0.5, 0.6) is 0 Å². The summed E-state index contributed by atoms with van der Waals surface area (Å²) >= 11 is 0. The second-order valence-corrected chi connectivity index (χ2v) is 18.8. The van der Waals surface area contributed by atoms with Gasteiger partial charge < -0.3 is 20.8 Å². The molecule has 3 aliphatic heterocycles. The van der Waals surface area contributed by atoms with Crippen molar-refractivity contribution in [2.24, 2.45) is 11.8 Å². The number of aryl methyl sites for hydroxylation is 2. The fourth-order valence-electron chi connectivity index (χ4n) is 9.46. The summed E-state index contributed by atoms with van der Waals surface area (Å²) in [6.45, 7) is 13.5. The Morgan fingerprint density at radius 2 is 0.848 bits per heavy atom. The number of benzene rings is 4. The highest BCUT2D eigenvalue weighted by atomic mass is 16.3. The molecule has 14 nitrogen and oxygen atoms in total. The van der Waals surface area contributed by atoms with E-state index in [1.165, 1.54) is 0 Å². The van der Waals surface area contributed by atoms with Crippen LogP contribution < -0.4 is 10.6 Å². The first-order chi connectivity index (χ1) is 31.5. The molecular formula is C52H62N6O8. The maximum atomic E-state index is 14.2. The maximum Gasteiger partial charge on any atom is 0.262 e. The number of imide groups is 2. The Hall–Kier alpha value is -6.06. The Morgan fingerprint density at radius 1 is 0.515 bits per heavy atom. The summed E-state index contributed by atoms with van der Waals surface area (Å²) in [6, 6.07) is 25.4. The van der Waals surface area contributed by atoms with Crippen molar-refractivity contribution >= 4 is 35.4 Å². The average molecular weight is 899 g/mol. The number of fused-ring (bicyclic) bond motifs is 2. The van der Waals surface area contributed by atoms with Gasteiger partial charge in [0.2, 0.25) is 11.8 Å². The molecule has 0 aliphatic carbocycles.